The van der Waals surface area contributed by atoms with Gasteiger partial charge in [0.15, 0.2) is 18.9 Å². The smallest absolute Gasteiger partial charge is 0.222 e. The van der Waals surface area contributed by atoms with Gasteiger partial charge in [0.25, 0.3) is 0 Å². The van der Waals surface area contributed by atoms with Crippen LogP contribution in [0.4, 0.5) is 0 Å². The zero-order valence-corrected chi connectivity index (χ0v) is 68.7. The Bertz CT molecular complexity index is 2460. The van der Waals surface area contributed by atoms with Gasteiger partial charge in [0, 0.05) is 146 Å². The van der Waals surface area contributed by atoms with Crippen LogP contribution in [-0.2, 0) is 85.7 Å². The lowest BCUT2D eigenvalue weighted by Gasteiger charge is -2.40. The van der Waals surface area contributed by atoms with Crippen LogP contribution in [-0.4, -0.2) is 300 Å². The number of carbonyl (C=O) groups is 8. The minimum Gasteiger partial charge on any atom is -0.394 e. The van der Waals surface area contributed by atoms with Gasteiger partial charge in [-0.3, -0.25) is 38.4 Å². The summed E-state index contributed by atoms with van der Waals surface area (Å²) in [7, 11) is 0. The van der Waals surface area contributed by atoms with E-state index in [4.69, 9.17) is 47.4 Å². The van der Waals surface area contributed by atoms with Crippen LogP contribution in [0.1, 0.15) is 253 Å². The number of ether oxygens (including phenoxy) is 10. The van der Waals surface area contributed by atoms with Crippen molar-refractivity contribution < 1.29 is 137 Å². The highest BCUT2D eigenvalue weighted by Gasteiger charge is 2.45. The SMILES string of the molecule is CC1C(OCCCCC(=O)CCCCCC(=O)CCOCC(COCCC(=O)CCCCCC(=O)CCCCOC2OC(CO)C(O)C(O)C2C)(COCCC(=O)NCCCNC(=O)CCCCOC2OC(CO)C(O)C(O)C2C)CC(=O)CCCCCCCCC(=O)N2C[C@H](O)C[C@H]2COC(C)(C)C)OC(CO)C(O)C1O. The molecule has 4 aliphatic rings. The van der Waals surface area contributed by atoms with E-state index < -0.39 is 123 Å². The quantitative estimate of drug-likeness (QED) is 0.0369. The van der Waals surface area contributed by atoms with E-state index in [0.29, 0.717) is 155 Å². The lowest BCUT2D eigenvalue weighted by Crippen LogP contribution is -2.55. The maximum absolute atomic E-state index is 14.2. The van der Waals surface area contributed by atoms with Crippen molar-refractivity contribution in [3.63, 3.8) is 0 Å². The molecule has 4 saturated heterocycles. The number of rotatable bonds is 65. The molecule has 113 heavy (non-hydrogen) atoms. The predicted molar refractivity (Wildman–Crippen MR) is 414 cm³/mol. The molecular weight excluding hydrogens is 1470 g/mol. The maximum Gasteiger partial charge on any atom is 0.222 e. The average Bonchev–Trinajstić information content (AvgIpc) is 1.53. The number of nitrogens with one attached hydrogen (secondary N) is 2. The first-order valence-corrected chi connectivity index (χ1v) is 42.2. The molecular formula is C82H145N3O28. The Morgan fingerprint density at radius 3 is 1.11 bits per heavy atom. The molecule has 31 nitrogen and oxygen atoms in total. The van der Waals surface area contributed by atoms with Crippen molar-refractivity contribution in [2.75, 3.05) is 106 Å². The maximum atomic E-state index is 14.2. The molecule has 17 atom stereocenters. The fourth-order valence-corrected chi connectivity index (χ4v) is 14.3. The van der Waals surface area contributed by atoms with Gasteiger partial charge in [0.2, 0.25) is 17.7 Å². The molecule has 3 amide bonds. The van der Waals surface area contributed by atoms with Crippen molar-refractivity contribution in [1.82, 2.24) is 15.5 Å². The number of hydrogen-bond donors (Lipinski definition) is 12. The molecule has 4 fully saturated rings. The van der Waals surface area contributed by atoms with Gasteiger partial charge >= 0.3 is 0 Å². The largest absolute Gasteiger partial charge is 0.394 e. The number of aliphatic hydroxyl groups excluding tert-OH is 10. The third kappa shape index (κ3) is 41.0. The van der Waals surface area contributed by atoms with Crippen molar-refractivity contribution in [2.24, 2.45) is 23.2 Å². The lowest BCUT2D eigenvalue weighted by atomic mass is 9.83. The Kier molecular flexibility index (Phi) is 51.3. The number of hydrogen-bond acceptors (Lipinski definition) is 28. The summed E-state index contributed by atoms with van der Waals surface area (Å²) in [6, 6.07) is -0.169. The second-order valence-electron chi connectivity index (χ2n) is 32.8. The molecule has 4 aliphatic heterocycles. The fourth-order valence-electron chi connectivity index (χ4n) is 14.3. The highest BCUT2D eigenvalue weighted by Crippen LogP contribution is 2.32. The van der Waals surface area contributed by atoms with Crippen LogP contribution < -0.4 is 10.6 Å². The molecule has 0 radical (unpaired) electrons. The molecule has 31 heteroatoms. The van der Waals surface area contributed by atoms with Gasteiger partial charge < -0.3 is 114 Å². The van der Waals surface area contributed by atoms with Crippen LogP contribution in [0, 0.1) is 23.2 Å². The Morgan fingerprint density at radius 1 is 0.389 bits per heavy atom. The van der Waals surface area contributed by atoms with E-state index in [9.17, 15) is 89.4 Å². The number of Topliss-reactive ketones (excluding diaryl/α,β-unsaturated/α-hetero) is 5. The standard InChI is InChI=1S/C82H145N3O28/c1-56-72(98)75(101)66(49-86)111-78(56)107-40-22-19-30-60(89)26-14-11-16-28-62(91)35-43-104-53-82(47-64(93)32-13-9-7-8-10-18-34-71(97)85-48-65(94)46-59(85)52-110-81(4,5)6,54-105-44-36-63(92)29-17-12-15-27-61(90)31-20-23-41-108-79-57(2)73(99)76(102)67(50-87)112-79)55-106-45-37-70(96)84-39-25-38-83-69(95)33-21-24-42-109-80-58(3)74(100)77(103)68(51-88)113-80/h56-59,65-68,72-80,86-88,94,98-103H,7-55H2,1-6H3,(H,83,95)(H,84,96)/t56?,57?,58?,59-,65+,66?,67?,68?,72?,73?,74?,75?,76?,77?,78?,79?,80?,82?/m0/s1. The summed E-state index contributed by atoms with van der Waals surface area (Å²) in [5.41, 5.74) is -1.47. The highest BCUT2D eigenvalue weighted by atomic mass is 16.7. The molecule has 656 valence electrons. The number of carbonyl (C=O) groups excluding carboxylic acids is 8. The lowest BCUT2D eigenvalue weighted by molar-refractivity contribution is -0.282. The summed E-state index contributed by atoms with van der Waals surface area (Å²) in [6.07, 6.45) is 2.70. The summed E-state index contributed by atoms with van der Waals surface area (Å²) in [6.45, 7) is 11.4. The van der Waals surface area contributed by atoms with Crippen LogP contribution in [0.3, 0.4) is 0 Å². The number of β-amino-alcohol motifs (C(OH)–C–C–N with tert-alkyl or cyclic N) is 1. The Morgan fingerprint density at radius 2 is 0.717 bits per heavy atom. The molecule has 0 aromatic carbocycles. The predicted octanol–water partition coefficient (Wildman–Crippen LogP) is 4.64. The monoisotopic (exact) mass is 1620 g/mol. The normalized spacial score (nSPS) is 26.6. The third-order valence-corrected chi connectivity index (χ3v) is 21.6. The van der Waals surface area contributed by atoms with Gasteiger partial charge in [-0.15, -0.1) is 0 Å². The Hall–Kier alpha value is -4.04. The van der Waals surface area contributed by atoms with Crippen molar-refractivity contribution in [2.45, 2.75) is 345 Å². The molecule has 0 aliphatic carbocycles. The van der Waals surface area contributed by atoms with Crippen molar-refractivity contribution in [1.29, 1.82) is 0 Å². The second-order valence-corrected chi connectivity index (χ2v) is 32.8. The first kappa shape index (κ1) is 101. The van der Waals surface area contributed by atoms with Gasteiger partial charge in [-0.2, -0.15) is 0 Å². The molecule has 15 unspecified atom stereocenters. The number of aliphatic hydroxyl groups is 10. The van der Waals surface area contributed by atoms with Crippen LogP contribution >= 0.6 is 0 Å². The summed E-state index contributed by atoms with van der Waals surface area (Å²) in [4.78, 5) is 107. The molecule has 0 aromatic rings. The van der Waals surface area contributed by atoms with Gasteiger partial charge in [-0.25, -0.2) is 0 Å². The summed E-state index contributed by atoms with van der Waals surface area (Å²) < 4.78 is 58.8. The van der Waals surface area contributed by atoms with E-state index in [-0.39, 0.29) is 176 Å². The Balaban J connectivity index is 1.28. The third-order valence-electron chi connectivity index (χ3n) is 21.6. The summed E-state index contributed by atoms with van der Waals surface area (Å²) in [5, 5.41) is 106. The van der Waals surface area contributed by atoms with Gasteiger partial charge in [-0.1, -0.05) is 59.3 Å². The van der Waals surface area contributed by atoms with Crippen molar-refractivity contribution in [3.8, 4) is 0 Å². The van der Waals surface area contributed by atoms with Gasteiger partial charge in [0.05, 0.1) is 102 Å². The van der Waals surface area contributed by atoms with Crippen molar-refractivity contribution >= 4 is 46.6 Å². The fraction of sp³-hybridized carbons (Fsp3) is 0.902. The molecule has 0 bridgehead atoms. The number of amides is 3. The van der Waals surface area contributed by atoms with Crippen LogP contribution in [0.2, 0.25) is 0 Å². The Labute approximate surface area is 670 Å². The number of likely N-dealkylation sites (tertiary alicyclic amines) is 1. The summed E-state index contributed by atoms with van der Waals surface area (Å²) >= 11 is 0. The molecule has 0 spiro atoms. The van der Waals surface area contributed by atoms with Gasteiger partial charge in [-0.05, 0) is 111 Å². The van der Waals surface area contributed by atoms with Crippen molar-refractivity contribution in [3.05, 3.63) is 0 Å². The molecule has 0 saturated carbocycles. The molecule has 12 N–H and O–H groups in total. The van der Waals surface area contributed by atoms with E-state index in [1.165, 1.54) is 0 Å². The minimum atomic E-state index is -1.23. The first-order valence-electron chi connectivity index (χ1n) is 42.2. The summed E-state index contributed by atoms with van der Waals surface area (Å²) in [5.74, 6) is -1.97. The minimum absolute atomic E-state index is 0.00318. The molecule has 0 aromatic heterocycles. The van der Waals surface area contributed by atoms with E-state index in [2.05, 4.69) is 10.6 Å². The number of unbranched alkanes of at least 4 members (excludes halogenated alkanes) is 12. The zero-order valence-electron chi connectivity index (χ0n) is 68.7. The zero-order chi connectivity index (χ0) is 83.1. The van der Waals surface area contributed by atoms with Crippen LogP contribution in [0.15, 0.2) is 0 Å². The highest BCUT2D eigenvalue weighted by molar-refractivity contribution is 5.81. The van der Waals surface area contributed by atoms with Gasteiger partial charge in [0.1, 0.15) is 65.5 Å². The second kappa shape index (κ2) is 57.2. The first-order chi connectivity index (χ1) is 54.0. The van der Waals surface area contributed by atoms with Crippen LogP contribution in [0.25, 0.3) is 0 Å². The van der Waals surface area contributed by atoms with E-state index in [1.807, 2.05) is 20.8 Å². The van der Waals surface area contributed by atoms with Crippen LogP contribution in [0.5, 0.6) is 0 Å². The van der Waals surface area contributed by atoms with E-state index >= 15 is 0 Å². The molecule has 4 heterocycles. The number of nitrogens with zero attached hydrogens (tertiary/aromatic N) is 1. The van der Waals surface area contributed by atoms with E-state index in [0.717, 1.165) is 25.7 Å². The topological polar surface area (TPSA) is 458 Å². The molecule has 4 rings (SSSR count). The number of ketones is 5. The van der Waals surface area contributed by atoms with E-state index in [1.54, 1.807) is 25.7 Å². The average molecular weight is 1620 g/mol.